The summed E-state index contributed by atoms with van der Waals surface area (Å²) in [4.78, 5) is 27.9. The summed E-state index contributed by atoms with van der Waals surface area (Å²) in [7, 11) is 0. The third-order valence-corrected chi connectivity index (χ3v) is 5.98. The summed E-state index contributed by atoms with van der Waals surface area (Å²) < 4.78 is 19.2. The highest BCUT2D eigenvalue weighted by molar-refractivity contribution is 7.10. The summed E-state index contributed by atoms with van der Waals surface area (Å²) in [6, 6.07) is 5.33. The molecular weight excluding hydrogens is 393 g/mol. The second kappa shape index (κ2) is 8.47. The van der Waals surface area contributed by atoms with E-state index in [0.717, 1.165) is 10.4 Å². The fraction of sp³-hybridized carbons (Fsp3) is 0.364. The number of ketones is 1. The molecule has 3 rings (SSSR count). The lowest BCUT2D eigenvalue weighted by molar-refractivity contribution is -0.140. The Morgan fingerprint density at radius 3 is 2.55 bits per heavy atom. The van der Waals surface area contributed by atoms with Gasteiger partial charge in [-0.25, -0.2) is 4.39 Å². The number of aryl methyl sites for hydroxylation is 2. The topological polar surface area (TPSA) is 66.8 Å². The normalized spacial score (nSPS) is 18.8. The molecule has 1 aliphatic heterocycles. The highest BCUT2D eigenvalue weighted by Gasteiger charge is 2.46. The van der Waals surface area contributed by atoms with Crippen molar-refractivity contribution in [2.45, 2.75) is 39.8 Å². The van der Waals surface area contributed by atoms with E-state index in [-0.39, 0.29) is 30.6 Å². The molecule has 0 spiro atoms. The first kappa shape index (κ1) is 21.2. The zero-order valence-electron chi connectivity index (χ0n) is 16.9. The third kappa shape index (κ3) is 4.11. The Morgan fingerprint density at radius 1 is 1.24 bits per heavy atom. The number of ether oxygens (including phenoxy) is 1. The van der Waals surface area contributed by atoms with Gasteiger partial charge in [0.1, 0.15) is 11.6 Å². The predicted molar refractivity (Wildman–Crippen MR) is 110 cm³/mol. The van der Waals surface area contributed by atoms with Gasteiger partial charge < -0.3 is 14.7 Å². The SMILES string of the molecule is Cc1cc(/C(O)=C2/C(=O)C(=O)N(CCOC(C)C)C2c2sccc2C)ccc1F. The van der Waals surface area contributed by atoms with Gasteiger partial charge in [-0.05, 0) is 68.5 Å². The van der Waals surface area contributed by atoms with E-state index in [4.69, 9.17) is 4.74 Å². The number of amides is 1. The lowest BCUT2D eigenvalue weighted by atomic mass is 9.97. The number of benzene rings is 1. The van der Waals surface area contributed by atoms with Crippen LogP contribution < -0.4 is 0 Å². The van der Waals surface area contributed by atoms with Crippen LogP contribution in [-0.4, -0.2) is 41.0 Å². The van der Waals surface area contributed by atoms with Gasteiger partial charge in [-0.3, -0.25) is 9.59 Å². The van der Waals surface area contributed by atoms with Crippen molar-refractivity contribution in [2.24, 2.45) is 0 Å². The van der Waals surface area contributed by atoms with Gasteiger partial charge in [-0.15, -0.1) is 11.3 Å². The van der Waals surface area contributed by atoms with Crippen molar-refractivity contribution >= 4 is 28.8 Å². The molecule has 0 bridgehead atoms. The van der Waals surface area contributed by atoms with Gasteiger partial charge in [0.05, 0.1) is 24.3 Å². The van der Waals surface area contributed by atoms with E-state index >= 15 is 0 Å². The van der Waals surface area contributed by atoms with Crippen molar-refractivity contribution in [3.8, 4) is 0 Å². The summed E-state index contributed by atoms with van der Waals surface area (Å²) in [6.45, 7) is 7.77. The van der Waals surface area contributed by atoms with Gasteiger partial charge in [0.2, 0.25) is 0 Å². The molecule has 1 atom stereocenters. The molecule has 154 valence electrons. The highest BCUT2D eigenvalue weighted by Crippen LogP contribution is 2.42. The van der Waals surface area contributed by atoms with Crippen LogP contribution in [0.2, 0.25) is 0 Å². The van der Waals surface area contributed by atoms with Crippen LogP contribution in [0.4, 0.5) is 4.39 Å². The highest BCUT2D eigenvalue weighted by atomic mass is 32.1. The number of halogens is 1. The molecule has 1 aromatic heterocycles. The van der Waals surface area contributed by atoms with E-state index in [0.29, 0.717) is 11.1 Å². The Labute approximate surface area is 173 Å². The van der Waals surface area contributed by atoms with Gasteiger partial charge in [-0.1, -0.05) is 0 Å². The summed E-state index contributed by atoms with van der Waals surface area (Å²) in [5.74, 6) is -2.11. The zero-order chi connectivity index (χ0) is 21.3. The number of rotatable bonds is 6. The lowest BCUT2D eigenvalue weighted by Gasteiger charge is -2.25. The van der Waals surface area contributed by atoms with E-state index < -0.39 is 23.5 Å². The van der Waals surface area contributed by atoms with Crippen LogP contribution in [0.3, 0.4) is 0 Å². The van der Waals surface area contributed by atoms with Crippen LogP contribution in [0, 0.1) is 19.7 Å². The van der Waals surface area contributed by atoms with E-state index in [2.05, 4.69) is 0 Å². The second-order valence-electron chi connectivity index (χ2n) is 7.34. The maximum atomic E-state index is 13.7. The largest absolute Gasteiger partial charge is 0.507 e. The van der Waals surface area contributed by atoms with Crippen molar-refractivity contribution in [3.05, 3.63) is 62.6 Å². The number of Topliss-reactive ketones (excluding diaryl/α,β-unsaturated/α-hetero) is 1. The van der Waals surface area contributed by atoms with Crippen molar-refractivity contribution < 1.29 is 23.8 Å². The first-order chi connectivity index (χ1) is 13.7. The molecule has 29 heavy (non-hydrogen) atoms. The molecule has 7 heteroatoms. The Bertz CT molecular complexity index is 979. The van der Waals surface area contributed by atoms with Gasteiger partial charge in [-0.2, -0.15) is 0 Å². The number of carbonyl (C=O) groups excluding carboxylic acids is 2. The van der Waals surface area contributed by atoms with Gasteiger partial charge in [0.15, 0.2) is 0 Å². The van der Waals surface area contributed by atoms with Crippen LogP contribution >= 0.6 is 11.3 Å². The standard InChI is InChI=1S/C22H24FNO4S/c1-12(2)28-9-8-24-18(21-13(3)7-10-29-21)17(20(26)22(24)27)19(25)15-5-6-16(23)14(4)11-15/h5-7,10-12,18,25H,8-9H2,1-4H3/b19-17-. The Morgan fingerprint density at radius 2 is 1.97 bits per heavy atom. The molecular formula is C22H24FNO4S. The van der Waals surface area contributed by atoms with Crippen LogP contribution in [0.25, 0.3) is 5.76 Å². The molecule has 1 saturated heterocycles. The number of hydrogen-bond acceptors (Lipinski definition) is 5. The minimum Gasteiger partial charge on any atom is -0.507 e. The fourth-order valence-electron chi connectivity index (χ4n) is 3.38. The fourth-order valence-corrected chi connectivity index (χ4v) is 4.43. The van der Waals surface area contributed by atoms with Crippen LogP contribution in [-0.2, 0) is 14.3 Å². The number of carbonyl (C=O) groups is 2. The third-order valence-electron chi connectivity index (χ3n) is 4.90. The first-order valence-electron chi connectivity index (χ1n) is 9.43. The first-order valence-corrected chi connectivity index (χ1v) is 10.3. The zero-order valence-corrected chi connectivity index (χ0v) is 17.7. The number of aliphatic hydroxyl groups excluding tert-OH is 1. The van der Waals surface area contributed by atoms with E-state index in [9.17, 15) is 19.1 Å². The quantitative estimate of drug-likeness (QED) is 0.431. The average Bonchev–Trinajstić information content (AvgIpc) is 3.19. The van der Waals surface area contributed by atoms with Gasteiger partial charge in [0, 0.05) is 17.0 Å². The van der Waals surface area contributed by atoms with E-state index in [1.165, 1.54) is 34.4 Å². The van der Waals surface area contributed by atoms with Crippen molar-refractivity contribution in [1.29, 1.82) is 0 Å². The van der Waals surface area contributed by atoms with Crippen LogP contribution in [0.5, 0.6) is 0 Å². The van der Waals surface area contributed by atoms with Crippen LogP contribution in [0.1, 0.15) is 41.5 Å². The lowest BCUT2D eigenvalue weighted by Crippen LogP contribution is -2.33. The second-order valence-corrected chi connectivity index (χ2v) is 8.29. The monoisotopic (exact) mass is 417 g/mol. The summed E-state index contributed by atoms with van der Waals surface area (Å²) in [6.07, 6.45) is -0.00376. The van der Waals surface area contributed by atoms with Crippen molar-refractivity contribution in [1.82, 2.24) is 4.90 Å². The minimum absolute atomic E-state index is 0.00376. The van der Waals surface area contributed by atoms with E-state index in [1.54, 1.807) is 6.92 Å². The maximum Gasteiger partial charge on any atom is 0.295 e. The molecule has 1 fully saturated rings. The molecule has 1 unspecified atom stereocenters. The number of aliphatic hydroxyl groups is 1. The number of hydrogen-bond donors (Lipinski definition) is 1. The van der Waals surface area contributed by atoms with Gasteiger partial charge in [0.25, 0.3) is 11.7 Å². The average molecular weight is 418 g/mol. The maximum absolute atomic E-state index is 13.7. The Hall–Kier alpha value is -2.51. The summed E-state index contributed by atoms with van der Waals surface area (Å²) in [5, 5.41) is 12.8. The van der Waals surface area contributed by atoms with Crippen molar-refractivity contribution in [3.63, 3.8) is 0 Å². The molecule has 2 heterocycles. The molecule has 0 saturated carbocycles. The molecule has 5 nitrogen and oxygen atoms in total. The molecule has 1 N–H and O–H groups in total. The number of thiophene rings is 1. The van der Waals surface area contributed by atoms with E-state index in [1.807, 2.05) is 32.2 Å². The molecule has 1 amide bonds. The molecule has 1 aromatic carbocycles. The Kier molecular flexibility index (Phi) is 6.19. The molecule has 0 radical (unpaired) electrons. The van der Waals surface area contributed by atoms with Gasteiger partial charge >= 0.3 is 0 Å². The smallest absolute Gasteiger partial charge is 0.295 e. The summed E-state index contributed by atoms with van der Waals surface area (Å²) >= 11 is 1.42. The number of likely N-dealkylation sites (tertiary alicyclic amines) is 1. The van der Waals surface area contributed by atoms with Crippen molar-refractivity contribution in [2.75, 3.05) is 13.2 Å². The number of nitrogens with zero attached hydrogens (tertiary/aromatic N) is 1. The molecule has 1 aliphatic rings. The molecule has 0 aliphatic carbocycles. The summed E-state index contributed by atoms with van der Waals surface area (Å²) in [5.41, 5.74) is 1.60. The predicted octanol–water partition coefficient (Wildman–Crippen LogP) is 4.35. The van der Waals surface area contributed by atoms with Crippen LogP contribution in [0.15, 0.2) is 35.2 Å². The Balaban J connectivity index is 2.10. The minimum atomic E-state index is -0.744. The molecule has 2 aromatic rings.